The predicted octanol–water partition coefficient (Wildman–Crippen LogP) is 1.55. The number of rotatable bonds is 2. The van der Waals surface area contributed by atoms with Crippen molar-refractivity contribution in [1.29, 1.82) is 0 Å². The number of ether oxygens (including phenoxy) is 1. The molecule has 1 heterocycles. The standard InChI is InChI=1S/C12H19N3O2/c1-17-12(6-4-2-3-5-7-12)11-14-9(13)8-10(16)15-11/h8H,2-7H2,1H3,(H3,13,14,15,16). The molecule has 1 aromatic rings. The van der Waals surface area contributed by atoms with Crippen molar-refractivity contribution in [2.75, 3.05) is 12.8 Å². The molecule has 3 N–H and O–H groups in total. The van der Waals surface area contributed by atoms with Crippen LogP contribution in [-0.2, 0) is 10.3 Å². The third kappa shape index (κ3) is 2.49. The van der Waals surface area contributed by atoms with Crippen LogP contribution in [0.3, 0.4) is 0 Å². The summed E-state index contributed by atoms with van der Waals surface area (Å²) >= 11 is 0. The van der Waals surface area contributed by atoms with Crippen LogP contribution in [-0.4, -0.2) is 17.1 Å². The number of anilines is 1. The van der Waals surface area contributed by atoms with Gasteiger partial charge in [0, 0.05) is 13.2 Å². The molecule has 0 saturated heterocycles. The van der Waals surface area contributed by atoms with E-state index < -0.39 is 5.60 Å². The van der Waals surface area contributed by atoms with E-state index in [0.29, 0.717) is 5.82 Å². The average molecular weight is 237 g/mol. The quantitative estimate of drug-likeness (QED) is 0.765. The summed E-state index contributed by atoms with van der Waals surface area (Å²) < 4.78 is 5.67. The van der Waals surface area contributed by atoms with E-state index in [0.717, 1.165) is 25.7 Å². The van der Waals surface area contributed by atoms with E-state index in [1.807, 2.05) is 0 Å². The summed E-state index contributed by atoms with van der Waals surface area (Å²) in [5.41, 5.74) is 4.95. The first-order chi connectivity index (χ1) is 8.16. The second kappa shape index (κ2) is 4.87. The van der Waals surface area contributed by atoms with Gasteiger partial charge < -0.3 is 15.5 Å². The summed E-state index contributed by atoms with van der Waals surface area (Å²) in [4.78, 5) is 18.5. The number of methoxy groups -OCH3 is 1. The molecule has 1 aliphatic rings. The molecule has 0 radical (unpaired) electrons. The van der Waals surface area contributed by atoms with E-state index in [1.165, 1.54) is 18.9 Å². The smallest absolute Gasteiger partial charge is 0.253 e. The summed E-state index contributed by atoms with van der Waals surface area (Å²) in [5, 5.41) is 0. The minimum absolute atomic E-state index is 0.215. The summed E-state index contributed by atoms with van der Waals surface area (Å²) in [5.74, 6) is 0.830. The topological polar surface area (TPSA) is 81.0 Å². The Bertz CT molecular complexity index is 434. The molecule has 1 fully saturated rings. The first kappa shape index (κ1) is 12.1. The van der Waals surface area contributed by atoms with Gasteiger partial charge >= 0.3 is 0 Å². The Morgan fingerprint density at radius 3 is 2.53 bits per heavy atom. The van der Waals surface area contributed by atoms with Gasteiger partial charge in [0.05, 0.1) is 0 Å². The van der Waals surface area contributed by atoms with Crippen LogP contribution in [0.4, 0.5) is 5.82 Å². The number of aromatic nitrogens is 2. The molecule has 0 spiro atoms. The Morgan fingerprint density at radius 2 is 2.00 bits per heavy atom. The molecule has 0 aliphatic heterocycles. The number of nitrogen functional groups attached to an aromatic ring is 1. The molecule has 17 heavy (non-hydrogen) atoms. The lowest BCUT2D eigenvalue weighted by Gasteiger charge is -2.30. The van der Waals surface area contributed by atoms with Gasteiger partial charge in [-0.1, -0.05) is 25.7 Å². The highest BCUT2D eigenvalue weighted by molar-refractivity contribution is 5.26. The van der Waals surface area contributed by atoms with Crippen LogP contribution in [0.2, 0.25) is 0 Å². The highest BCUT2D eigenvalue weighted by Gasteiger charge is 2.35. The van der Waals surface area contributed by atoms with Crippen LogP contribution >= 0.6 is 0 Å². The van der Waals surface area contributed by atoms with Crippen molar-refractivity contribution < 1.29 is 4.74 Å². The Labute approximate surface area is 100 Å². The van der Waals surface area contributed by atoms with Crippen LogP contribution in [0.5, 0.6) is 0 Å². The fourth-order valence-corrected chi connectivity index (χ4v) is 2.53. The number of hydrogen-bond donors (Lipinski definition) is 2. The number of aromatic amines is 1. The second-order valence-electron chi connectivity index (χ2n) is 4.63. The number of hydrogen-bond acceptors (Lipinski definition) is 4. The number of nitrogens with zero attached hydrogens (tertiary/aromatic N) is 1. The van der Waals surface area contributed by atoms with E-state index in [2.05, 4.69) is 9.97 Å². The molecule has 2 rings (SSSR count). The molecule has 0 amide bonds. The zero-order valence-corrected chi connectivity index (χ0v) is 10.2. The lowest BCUT2D eigenvalue weighted by Crippen LogP contribution is -2.32. The van der Waals surface area contributed by atoms with Gasteiger partial charge in [-0.2, -0.15) is 0 Å². The minimum Gasteiger partial charge on any atom is -0.383 e. The molecule has 5 nitrogen and oxygen atoms in total. The van der Waals surface area contributed by atoms with Crippen LogP contribution in [0.15, 0.2) is 10.9 Å². The average Bonchev–Trinajstić information content (AvgIpc) is 2.53. The molecular weight excluding hydrogens is 218 g/mol. The van der Waals surface area contributed by atoms with E-state index in [1.54, 1.807) is 7.11 Å². The summed E-state index contributed by atoms with van der Waals surface area (Å²) in [7, 11) is 1.68. The Kier molecular flexibility index (Phi) is 3.47. The van der Waals surface area contributed by atoms with Crippen molar-refractivity contribution in [2.45, 2.75) is 44.1 Å². The first-order valence-corrected chi connectivity index (χ1v) is 6.09. The highest BCUT2D eigenvalue weighted by atomic mass is 16.5. The molecule has 0 atom stereocenters. The Morgan fingerprint density at radius 1 is 1.35 bits per heavy atom. The molecule has 0 bridgehead atoms. The molecule has 0 aromatic carbocycles. The number of nitrogens with one attached hydrogen (secondary N) is 1. The molecule has 1 aliphatic carbocycles. The van der Waals surface area contributed by atoms with Gasteiger partial charge in [0.25, 0.3) is 5.56 Å². The van der Waals surface area contributed by atoms with Gasteiger partial charge in [0.1, 0.15) is 17.2 Å². The maximum atomic E-state index is 11.5. The van der Waals surface area contributed by atoms with Gasteiger partial charge in [-0.15, -0.1) is 0 Å². The lowest BCUT2D eigenvalue weighted by molar-refractivity contribution is -0.0352. The van der Waals surface area contributed by atoms with Crippen LogP contribution in [0, 0.1) is 0 Å². The Hall–Kier alpha value is -1.36. The maximum absolute atomic E-state index is 11.5. The third-order valence-electron chi connectivity index (χ3n) is 3.50. The van der Waals surface area contributed by atoms with Gasteiger partial charge in [-0.25, -0.2) is 4.98 Å². The van der Waals surface area contributed by atoms with Crippen molar-refractivity contribution in [1.82, 2.24) is 9.97 Å². The fourth-order valence-electron chi connectivity index (χ4n) is 2.53. The maximum Gasteiger partial charge on any atom is 0.253 e. The van der Waals surface area contributed by atoms with Crippen molar-refractivity contribution in [3.8, 4) is 0 Å². The molecule has 0 unspecified atom stereocenters. The number of nitrogens with two attached hydrogens (primary N) is 1. The minimum atomic E-state index is -0.467. The van der Waals surface area contributed by atoms with E-state index in [4.69, 9.17) is 10.5 Å². The van der Waals surface area contributed by atoms with Crippen molar-refractivity contribution in [2.24, 2.45) is 0 Å². The second-order valence-corrected chi connectivity index (χ2v) is 4.63. The third-order valence-corrected chi connectivity index (χ3v) is 3.50. The highest BCUT2D eigenvalue weighted by Crippen LogP contribution is 2.36. The summed E-state index contributed by atoms with van der Waals surface area (Å²) in [6.07, 6.45) is 6.36. The van der Waals surface area contributed by atoms with Crippen molar-refractivity contribution in [3.05, 3.63) is 22.2 Å². The largest absolute Gasteiger partial charge is 0.383 e. The number of H-pyrrole nitrogens is 1. The molecule has 1 saturated carbocycles. The van der Waals surface area contributed by atoms with Gasteiger partial charge in [-0.05, 0) is 12.8 Å². The molecule has 5 heteroatoms. The monoisotopic (exact) mass is 237 g/mol. The van der Waals surface area contributed by atoms with Crippen LogP contribution in [0.25, 0.3) is 0 Å². The lowest BCUT2D eigenvalue weighted by atomic mass is 9.93. The van der Waals surface area contributed by atoms with Crippen LogP contribution < -0.4 is 11.3 Å². The van der Waals surface area contributed by atoms with E-state index >= 15 is 0 Å². The zero-order valence-electron chi connectivity index (χ0n) is 10.2. The van der Waals surface area contributed by atoms with E-state index in [9.17, 15) is 4.79 Å². The van der Waals surface area contributed by atoms with Crippen molar-refractivity contribution >= 4 is 5.82 Å². The molecule has 1 aromatic heterocycles. The molecule has 94 valence electrons. The van der Waals surface area contributed by atoms with Crippen LogP contribution in [0.1, 0.15) is 44.3 Å². The van der Waals surface area contributed by atoms with Gasteiger partial charge in [0.15, 0.2) is 0 Å². The molecular formula is C12H19N3O2. The predicted molar refractivity (Wildman–Crippen MR) is 65.7 cm³/mol. The Balaban J connectivity index is 2.41. The summed E-state index contributed by atoms with van der Waals surface area (Å²) in [6, 6.07) is 1.30. The fraction of sp³-hybridized carbons (Fsp3) is 0.667. The van der Waals surface area contributed by atoms with E-state index in [-0.39, 0.29) is 11.4 Å². The van der Waals surface area contributed by atoms with Gasteiger partial charge in [-0.3, -0.25) is 4.79 Å². The first-order valence-electron chi connectivity index (χ1n) is 6.09. The SMILES string of the molecule is COC1(c2nc(N)cc(=O)[nH]2)CCCCCC1. The van der Waals surface area contributed by atoms with Gasteiger partial charge in [0.2, 0.25) is 0 Å². The normalized spacial score (nSPS) is 19.8. The summed E-state index contributed by atoms with van der Waals surface area (Å²) in [6.45, 7) is 0. The van der Waals surface area contributed by atoms with Crippen molar-refractivity contribution in [3.63, 3.8) is 0 Å². The zero-order chi connectivity index (χ0) is 12.3.